The van der Waals surface area contributed by atoms with E-state index in [1.807, 2.05) is 0 Å². The lowest BCUT2D eigenvalue weighted by Crippen LogP contribution is -2.28. The highest BCUT2D eigenvalue weighted by atomic mass is 19.1. The van der Waals surface area contributed by atoms with Gasteiger partial charge in [0.1, 0.15) is 23.8 Å². The summed E-state index contributed by atoms with van der Waals surface area (Å²) in [5.74, 6) is -0.0674. The van der Waals surface area contributed by atoms with Crippen molar-refractivity contribution < 1.29 is 23.8 Å². The molecule has 1 N–H and O–H groups in total. The Morgan fingerprint density at radius 3 is 2.62 bits per heavy atom. The molecular formula is C18H16FNO4. The Morgan fingerprint density at radius 2 is 2.00 bits per heavy atom. The molecule has 1 atom stereocenters. The van der Waals surface area contributed by atoms with Crippen molar-refractivity contribution >= 4 is 18.0 Å². The van der Waals surface area contributed by atoms with E-state index in [1.54, 1.807) is 42.5 Å². The summed E-state index contributed by atoms with van der Waals surface area (Å²) in [4.78, 5) is 13.4. The van der Waals surface area contributed by atoms with Crippen molar-refractivity contribution in [3.05, 3.63) is 53.5 Å². The highest BCUT2D eigenvalue weighted by Crippen LogP contribution is 2.41. The van der Waals surface area contributed by atoms with Gasteiger partial charge in [-0.3, -0.25) is 0 Å². The zero-order valence-electron chi connectivity index (χ0n) is 13.2. The predicted molar refractivity (Wildman–Crippen MR) is 87.9 cm³/mol. The molecule has 0 aromatic heterocycles. The first-order valence-corrected chi connectivity index (χ1v) is 7.25. The standard InChI is InChI=1S/C18H16FNO4/c1-23-13-7-11-5-6-20(12-3-4-16(22)14(19)8-12)15(10-21)18(11)17(9-13)24-2/h3-10,15,22H,1-2H3. The number of aromatic hydroxyl groups is 1. The molecule has 2 aromatic carbocycles. The number of phenols is 1. The second-order valence-corrected chi connectivity index (χ2v) is 5.27. The fourth-order valence-electron chi connectivity index (χ4n) is 2.79. The highest BCUT2D eigenvalue weighted by Gasteiger charge is 2.28. The second kappa shape index (κ2) is 6.23. The fraction of sp³-hybridized carbons (Fsp3) is 0.167. The van der Waals surface area contributed by atoms with E-state index in [1.165, 1.54) is 19.2 Å². The molecule has 5 nitrogen and oxygen atoms in total. The van der Waals surface area contributed by atoms with Crippen LogP contribution in [0.1, 0.15) is 17.2 Å². The molecule has 0 radical (unpaired) electrons. The quantitative estimate of drug-likeness (QED) is 0.873. The third kappa shape index (κ3) is 2.56. The van der Waals surface area contributed by atoms with Crippen LogP contribution in [0, 0.1) is 5.82 Å². The van der Waals surface area contributed by atoms with Crippen LogP contribution >= 0.6 is 0 Å². The van der Waals surface area contributed by atoms with Crippen molar-refractivity contribution in [3.63, 3.8) is 0 Å². The Labute approximate surface area is 138 Å². The lowest BCUT2D eigenvalue weighted by molar-refractivity contribution is -0.109. The number of rotatable bonds is 4. The van der Waals surface area contributed by atoms with E-state index in [9.17, 15) is 14.3 Å². The maximum atomic E-state index is 13.7. The van der Waals surface area contributed by atoms with E-state index in [0.29, 0.717) is 22.7 Å². The van der Waals surface area contributed by atoms with Gasteiger partial charge in [-0.25, -0.2) is 4.39 Å². The van der Waals surface area contributed by atoms with Gasteiger partial charge in [-0.05, 0) is 29.8 Å². The summed E-state index contributed by atoms with van der Waals surface area (Å²) in [6.45, 7) is 0. The maximum absolute atomic E-state index is 13.7. The molecule has 6 heteroatoms. The number of halogens is 1. The number of hydrogen-bond donors (Lipinski definition) is 1. The van der Waals surface area contributed by atoms with Gasteiger partial charge >= 0.3 is 0 Å². The number of hydrogen-bond acceptors (Lipinski definition) is 5. The molecule has 0 saturated carbocycles. The lowest BCUT2D eigenvalue weighted by Gasteiger charge is -2.32. The summed E-state index contributed by atoms with van der Waals surface area (Å²) in [6.07, 6.45) is 4.25. The zero-order chi connectivity index (χ0) is 17.3. The Bertz CT molecular complexity index is 819. The molecule has 0 saturated heterocycles. The van der Waals surface area contributed by atoms with Crippen LogP contribution in [0.3, 0.4) is 0 Å². The van der Waals surface area contributed by atoms with Crippen LogP contribution in [0.4, 0.5) is 10.1 Å². The molecule has 3 rings (SSSR count). The summed E-state index contributed by atoms with van der Waals surface area (Å²) in [5.41, 5.74) is 1.91. The summed E-state index contributed by atoms with van der Waals surface area (Å²) < 4.78 is 24.3. The first-order valence-electron chi connectivity index (χ1n) is 7.25. The van der Waals surface area contributed by atoms with Crippen LogP contribution < -0.4 is 14.4 Å². The molecule has 2 aromatic rings. The third-order valence-corrected chi connectivity index (χ3v) is 3.97. The average molecular weight is 329 g/mol. The van der Waals surface area contributed by atoms with Crippen molar-refractivity contribution in [1.29, 1.82) is 0 Å². The van der Waals surface area contributed by atoms with Crippen LogP contribution in [-0.4, -0.2) is 25.6 Å². The molecule has 0 spiro atoms. The number of methoxy groups -OCH3 is 2. The number of nitrogens with zero attached hydrogens (tertiary/aromatic N) is 1. The van der Waals surface area contributed by atoms with Gasteiger partial charge in [0, 0.05) is 29.6 Å². The first kappa shape index (κ1) is 15.9. The molecule has 1 unspecified atom stereocenters. The van der Waals surface area contributed by atoms with Gasteiger partial charge in [-0.15, -0.1) is 0 Å². The van der Waals surface area contributed by atoms with E-state index in [4.69, 9.17) is 9.47 Å². The van der Waals surface area contributed by atoms with E-state index < -0.39 is 17.6 Å². The van der Waals surface area contributed by atoms with Crippen LogP contribution in [0.25, 0.3) is 6.08 Å². The number of fused-ring (bicyclic) bond motifs is 1. The van der Waals surface area contributed by atoms with Gasteiger partial charge < -0.3 is 24.3 Å². The largest absolute Gasteiger partial charge is 0.505 e. The molecular weight excluding hydrogens is 313 g/mol. The van der Waals surface area contributed by atoms with Gasteiger partial charge in [0.15, 0.2) is 11.6 Å². The minimum absolute atomic E-state index is 0.440. The Morgan fingerprint density at radius 1 is 1.21 bits per heavy atom. The summed E-state index contributed by atoms with van der Waals surface area (Å²) in [6, 6.07) is 6.79. The third-order valence-electron chi connectivity index (χ3n) is 3.97. The molecule has 1 heterocycles. The number of aldehydes is 1. The van der Waals surface area contributed by atoms with Crippen molar-refractivity contribution in [3.8, 4) is 17.2 Å². The van der Waals surface area contributed by atoms with Crippen molar-refractivity contribution in [2.45, 2.75) is 6.04 Å². The van der Waals surface area contributed by atoms with Gasteiger partial charge in [-0.1, -0.05) is 0 Å². The van der Waals surface area contributed by atoms with E-state index >= 15 is 0 Å². The van der Waals surface area contributed by atoms with Gasteiger partial charge in [0.25, 0.3) is 0 Å². The van der Waals surface area contributed by atoms with Crippen molar-refractivity contribution in [2.75, 3.05) is 19.1 Å². The van der Waals surface area contributed by atoms with E-state index in [-0.39, 0.29) is 0 Å². The maximum Gasteiger partial charge on any atom is 0.166 e. The Balaban J connectivity index is 2.12. The molecule has 0 fully saturated rings. The second-order valence-electron chi connectivity index (χ2n) is 5.27. The molecule has 0 aliphatic carbocycles. The summed E-state index contributed by atoms with van der Waals surface area (Å²) >= 11 is 0. The Hall–Kier alpha value is -3.02. The number of ether oxygens (including phenoxy) is 2. The smallest absolute Gasteiger partial charge is 0.166 e. The number of phenolic OH excluding ortho intramolecular Hbond substituents is 1. The predicted octanol–water partition coefficient (Wildman–Crippen LogP) is 3.28. The van der Waals surface area contributed by atoms with Crippen LogP contribution in [0.15, 0.2) is 36.5 Å². The molecule has 24 heavy (non-hydrogen) atoms. The molecule has 124 valence electrons. The lowest BCUT2D eigenvalue weighted by atomic mass is 9.95. The minimum atomic E-state index is -0.752. The zero-order valence-corrected chi connectivity index (χ0v) is 13.2. The fourth-order valence-corrected chi connectivity index (χ4v) is 2.79. The highest BCUT2D eigenvalue weighted by molar-refractivity contribution is 5.80. The summed E-state index contributed by atoms with van der Waals surface area (Å²) in [7, 11) is 3.07. The minimum Gasteiger partial charge on any atom is -0.505 e. The number of anilines is 1. The van der Waals surface area contributed by atoms with Crippen LogP contribution in [-0.2, 0) is 4.79 Å². The van der Waals surface area contributed by atoms with E-state index in [2.05, 4.69) is 0 Å². The van der Waals surface area contributed by atoms with Crippen LogP contribution in [0.2, 0.25) is 0 Å². The van der Waals surface area contributed by atoms with E-state index in [0.717, 1.165) is 11.8 Å². The van der Waals surface area contributed by atoms with Gasteiger partial charge in [0.2, 0.25) is 0 Å². The SMILES string of the molecule is COc1cc2c(c(OC)c1)C(C=O)N(c1ccc(O)c(F)c1)C=C2. The number of carbonyl (C=O) groups excluding carboxylic acids is 1. The molecule has 0 bridgehead atoms. The molecule has 0 amide bonds. The normalized spacial score (nSPS) is 15.8. The van der Waals surface area contributed by atoms with Crippen LogP contribution in [0.5, 0.6) is 17.2 Å². The number of carbonyl (C=O) groups is 1. The monoisotopic (exact) mass is 329 g/mol. The van der Waals surface area contributed by atoms with Crippen molar-refractivity contribution in [1.82, 2.24) is 0 Å². The van der Waals surface area contributed by atoms with Gasteiger partial charge in [-0.2, -0.15) is 0 Å². The first-order chi connectivity index (χ1) is 11.6. The number of benzene rings is 2. The van der Waals surface area contributed by atoms with Gasteiger partial charge in [0.05, 0.1) is 14.2 Å². The molecule has 1 aliphatic rings. The average Bonchev–Trinajstić information content (AvgIpc) is 2.61. The van der Waals surface area contributed by atoms with Crippen molar-refractivity contribution in [2.24, 2.45) is 0 Å². The molecule has 1 aliphatic heterocycles. The summed E-state index contributed by atoms with van der Waals surface area (Å²) in [5, 5.41) is 9.35. The topological polar surface area (TPSA) is 59.0 Å². The Kier molecular flexibility index (Phi) is 4.12.